The molecule has 0 bridgehead atoms. The van der Waals surface area contributed by atoms with Gasteiger partial charge < -0.3 is 4.42 Å². The number of furan rings is 1. The quantitative estimate of drug-likeness (QED) is 0.179. The van der Waals surface area contributed by atoms with E-state index in [0.29, 0.717) is 0 Å². The van der Waals surface area contributed by atoms with Gasteiger partial charge in [-0.3, -0.25) is 0 Å². The van der Waals surface area contributed by atoms with Crippen molar-refractivity contribution in [1.82, 2.24) is 0 Å². The Balaban J connectivity index is 1.24. The van der Waals surface area contributed by atoms with Gasteiger partial charge in [0.05, 0.1) is 0 Å². The molecular formula is C48H30O. The van der Waals surface area contributed by atoms with Gasteiger partial charge in [0, 0.05) is 22.3 Å². The van der Waals surface area contributed by atoms with E-state index >= 15 is 0 Å². The Bertz CT molecular complexity index is 2760. The standard InChI is InChI=1S/C48H30O/c1-2-11-29(12-3-1)33-27-28-41(47-40-19-8-9-20-42(40)49-48(33)47)46-36-17-6-4-15-34(36)45(35-16-5-7-18-37(35)46)39-26-24-32-22-21-30-13-10-14-31-23-25-38(39)44(32)43(30)31/h1-12,14-28,44H,13H2. The van der Waals surface area contributed by atoms with Crippen LogP contribution in [0.5, 0.6) is 0 Å². The van der Waals surface area contributed by atoms with Crippen LogP contribution >= 0.6 is 0 Å². The van der Waals surface area contributed by atoms with Gasteiger partial charge in [-0.1, -0.05) is 152 Å². The molecule has 0 saturated heterocycles. The minimum Gasteiger partial charge on any atom is -0.455 e. The van der Waals surface area contributed by atoms with E-state index < -0.39 is 0 Å². The number of para-hydroxylation sites is 1. The second-order valence-electron chi connectivity index (χ2n) is 13.5. The molecule has 228 valence electrons. The first-order valence-corrected chi connectivity index (χ1v) is 17.2. The Hall–Kier alpha value is -6.18. The zero-order valence-electron chi connectivity index (χ0n) is 26.8. The average Bonchev–Trinajstić information content (AvgIpc) is 3.56. The number of hydrogen-bond donors (Lipinski definition) is 0. The lowest BCUT2D eigenvalue weighted by atomic mass is 9.66. The minimum absolute atomic E-state index is 0.268. The average molecular weight is 623 g/mol. The lowest BCUT2D eigenvalue weighted by Crippen LogP contribution is -2.22. The molecule has 0 radical (unpaired) electrons. The second kappa shape index (κ2) is 10.2. The van der Waals surface area contributed by atoms with Crippen molar-refractivity contribution in [1.29, 1.82) is 0 Å². The fraction of sp³-hybridized carbons (Fsp3) is 0.0417. The summed E-state index contributed by atoms with van der Waals surface area (Å²) in [5.41, 5.74) is 16.2. The van der Waals surface area contributed by atoms with Crippen LogP contribution in [0, 0.1) is 5.92 Å². The van der Waals surface area contributed by atoms with E-state index in [1.54, 1.807) is 0 Å². The van der Waals surface area contributed by atoms with Crippen molar-refractivity contribution in [3.63, 3.8) is 0 Å². The van der Waals surface area contributed by atoms with Crippen LogP contribution in [0.25, 0.3) is 71.3 Å². The molecule has 49 heavy (non-hydrogen) atoms. The van der Waals surface area contributed by atoms with E-state index in [0.717, 1.165) is 39.5 Å². The van der Waals surface area contributed by atoms with Crippen LogP contribution in [0.1, 0.15) is 12.0 Å². The minimum atomic E-state index is 0.268. The maximum absolute atomic E-state index is 6.73. The molecule has 0 N–H and O–H groups in total. The second-order valence-corrected chi connectivity index (χ2v) is 13.5. The van der Waals surface area contributed by atoms with E-state index in [-0.39, 0.29) is 5.92 Å². The molecule has 1 unspecified atom stereocenters. The van der Waals surface area contributed by atoms with Gasteiger partial charge in [-0.15, -0.1) is 0 Å². The van der Waals surface area contributed by atoms with Crippen LogP contribution in [0.15, 0.2) is 196 Å². The number of allylic oxidation sites excluding steroid dienone is 14. The third-order valence-corrected chi connectivity index (χ3v) is 11.0. The first kappa shape index (κ1) is 26.8. The van der Waals surface area contributed by atoms with Crippen molar-refractivity contribution in [2.75, 3.05) is 0 Å². The third-order valence-electron chi connectivity index (χ3n) is 11.0. The molecule has 0 spiro atoms. The van der Waals surface area contributed by atoms with Gasteiger partial charge >= 0.3 is 0 Å². The van der Waals surface area contributed by atoms with Crippen LogP contribution in [-0.4, -0.2) is 0 Å². The Morgan fingerprint density at radius 1 is 0.531 bits per heavy atom. The van der Waals surface area contributed by atoms with Crippen molar-refractivity contribution in [2.45, 2.75) is 6.42 Å². The van der Waals surface area contributed by atoms with Crippen molar-refractivity contribution in [3.05, 3.63) is 197 Å². The predicted octanol–water partition coefficient (Wildman–Crippen LogP) is 12.9. The summed E-state index contributed by atoms with van der Waals surface area (Å²) in [6.07, 6.45) is 19.7. The first-order chi connectivity index (χ1) is 24.3. The fourth-order valence-electron chi connectivity index (χ4n) is 8.91. The molecule has 7 aromatic rings. The highest BCUT2D eigenvalue weighted by molar-refractivity contribution is 6.25. The zero-order valence-corrected chi connectivity index (χ0v) is 26.8. The van der Waals surface area contributed by atoms with Crippen LogP contribution < -0.4 is 0 Å². The van der Waals surface area contributed by atoms with Gasteiger partial charge in [-0.05, 0) is 95.8 Å². The van der Waals surface area contributed by atoms with Crippen LogP contribution in [0.4, 0.5) is 0 Å². The molecule has 0 saturated carbocycles. The summed E-state index contributed by atoms with van der Waals surface area (Å²) in [5, 5.41) is 7.35. The molecule has 4 aliphatic carbocycles. The maximum atomic E-state index is 6.73. The highest BCUT2D eigenvalue weighted by Gasteiger charge is 2.35. The highest BCUT2D eigenvalue weighted by Crippen LogP contribution is 2.53. The van der Waals surface area contributed by atoms with E-state index in [1.807, 2.05) is 0 Å². The SMILES string of the molecule is C1=CC2=C3C(=CC=C4C=CC(c5c6ccccc6c(-c6ccc(-c7ccccc7)c7oc8ccccc8c67)c6ccccc56)=C(C=C2)C43)C1. The van der Waals surface area contributed by atoms with Crippen molar-refractivity contribution in [3.8, 4) is 22.3 Å². The normalized spacial score (nSPS) is 17.8. The first-order valence-electron chi connectivity index (χ1n) is 17.2. The largest absolute Gasteiger partial charge is 0.455 e. The number of fused-ring (bicyclic) bond motifs is 5. The van der Waals surface area contributed by atoms with Gasteiger partial charge in [-0.2, -0.15) is 0 Å². The van der Waals surface area contributed by atoms with Crippen molar-refractivity contribution in [2.24, 2.45) is 5.92 Å². The highest BCUT2D eigenvalue weighted by atomic mass is 16.3. The van der Waals surface area contributed by atoms with Gasteiger partial charge in [0.1, 0.15) is 11.2 Å². The molecular weight excluding hydrogens is 593 g/mol. The predicted molar refractivity (Wildman–Crippen MR) is 205 cm³/mol. The molecule has 0 amide bonds. The summed E-state index contributed by atoms with van der Waals surface area (Å²) in [5.74, 6) is 0.268. The van der Waals surface area contributed by atoms with Gasteiger partial charge in [0.25, 0.3) is 0 Å². The molecule has 4 aliphatic rings. The van der Waals surface area contributed by atoms with Crippen LogP contribution in [0.3, 0.4) is 0 Å². The van der Waals surface area contributed by atoms with Crippen molar-refractivity contribution >= 4 is 49.1 Å². The molecule has 1 atom stereocenters. The van der Waals surface area contributed by atoms with Crippen molar-refractivity contribution < 1.29 is 4.42 Å². The summed E-state index contributed by atoms with van der Waals surface area (Å²) in [6.45, 7) is 0. The summed E-state index contributed by atoms with van der Waals surface area (Å²) in [4.78, 5) is 0. The Morgan fingerprint density at radius 3 is 1.98 bits per heavy atom. The Kier molecular flexibility index (Phi) is 5.57. The molecule has 1 heterocycles. The lowest BCUT2D eigenvalue weighted by Gasteiger charge is -2.37. The molecule has 0 aliphatic heterocycles. The monoisotopic (exact) mass is 622 g/mol. The Morgan fingerprint density at radius 2 is 1.20 bits per heavy atom. The number of benzene rings is 6. The summed E-state index contributed by atoms with van der Waals surface area (Å²) >= 11 is 0. The van der Waals surface area contributed by atoms with Gasteiger partial charge in [0.2, 0.25) is 0 Å². The number of hydrogen-bond acceptors (Lipinski definition) is 1. The summed E-state index contributed by atoms with van der Waals surface area (Å²) in [6, 6.07) is 41.7. The molecule has 1 nitrogen and oxygen atoms in total. The van der Waals surface area contributed by atoms with E-state index in [4.69, 9.17) is 4.42 Å². The summed E-state index contributed by atoms with van der Waals surface area (Å²) < 4.78 is 6.73. The lowest BCUT2D eigenvalue weighted by molar-refractivity contribution is 0.670. The molecule has 6 aromatic carbocycles. The Labute approximate surface area is 284 Å². The molecule has 11 rings (SSSR count). The van der Waals surface area contributed by atoms with E-state index in [9.17, 15) is 0 Å². The molecule has 0 fully saturated rings. The summed E-state index contributed by atoms with van der Waals surface area (Å²) in [7, 11) is 0. The van der Waals surface area contributed by atoms with Crippen LogP contribution in [-0.2, 0) is 0 Å². The molecule has 1 aromatic heterocycles. The van der Waals surface area contributed by atoms with Gasteiger partial charge in [0.15, 0.2) is 0 Å². The van der Waals surface area contributed by atoms with Crippen LogP contribution in [0.2, 0.25) is 0 Å². The van der Waals surface area contributed by atoms with E-state index in [2.05, 4.69) is 164 Å². The maximum Gasteiger partial charge on any atom is 0.143 e. The van der Waals surface area contributed by atoms with E-state index in [1.165, 1.54) is 71.7 Å². The van der Waals surface area contributed by atoms with Gasteiger partial charge in [-0.25, -0.2) is 0 Å². The fourth-order valence-corrected chi connectivity index (χ4v) is 8.91. The third kappa shape index (κ3) is 3.76. The molecule has 1 heteroatoms. The smallest absolute Gasteiger partial charge is 0.143 e. The number of rotatable bonds is 3. The topological polar surface area (TPSA) is 13.1 Å². The zero-order chi connectivity index (χ0) is 32.1.